The van der Waals surface area contributed by atoms with E-state index in [1.807, 2.05) is 60.7 Å². The van der Waals surface area contributed by atoms with Gasteiger partial charge in [0.1, 0.15) is 6.10 Å². The zero-order chi connectivity index (χ0) is 16.1. The monoisotopic (exact) mass is 310 g/mol. The van der Waals surface area contributed by atoms with E-state index in [-0.39, 0.29) is 5.76 Å². The fourth-order valence-corrected chi connectivity index (χ4v) is 2.60. The number of ether oxygens (including phenoxy) is 2. The maximum absolute atomic E-state index is 11.7. The largest absolute Gasteiger partial charge is 0.502 e. The Bertz CT molecular complexity index is 692. The Hall–Kier alpha value is -2.59. The van der Waals surface area contributed by atoms with Gasteiger partial charge in [0.05, 0.1) is 13.2 Å². The third kappa shape index (κ3) is 3.60. The number of esters is 1. The van der Waals surface area contributed by atoms with Crippen molar-refractivity contribution >= 4 is 11.5 Å². The van der Waals surface area contributed by atoms with Gasteiger partial charge in [-0.3, -0.25) is 0 Å². The standard InChI is InChI=1S/C19H18O4/c20-18-17(15-9-5-2-6-10-15)16(23-19(18)21)11-12-22-13-14-7-3-1-4-8-14/h1-10,16,20H,11-13H2. The molecule has 0 amide bonds. The molecular formula is C19H18O4. The molecule has 1 unspecified atom stereocenters. The molecule has 0 fully saturated rings. The van der Waals surface area contributed by atoms with Crippen molar-refractivity contribution in [3.8, 4) is 0 Å². The number of carbonyl (C=O) groups is 1. The highest BCUT2D eigenvalue weighted by Gasteiger charge is 2.34. The number of hydrogen-bond donors (Lipinski definition) is 1. The third-order valence-electron chi connectivity index (χ3n) is 3.74. The number of hydrogen-bond acceptors (Lipinski definition) is 4. The summed E-state index contributed by atoms with van der Waals surface area (Å²) in [5.74, 6) is -0.971. The minimum Gasteiger partial charge on any atom is -0.502 e. The smallest absolute Gasteiger partial charge is 0.374 e. The van der Waals surface area contributed by atoms with Crippen molar-refractivity contribution in [1.29, 1.82) is 0 Å². The molecule has 0 saturated heterocycles. The van der Waals surface area contributed by atoms with Crippen molar-refractivity contribution < 1.29 is 19.4 Å². The van der Waals surface area contributed by atoms with Crippen LogP contribution in [0.4, 0.5) is 0 Å². The van der Waals surface area contributed by atoms with Gasteiger partial charge >= 0.3 is 5.97 Å². The Kier molecular flexibility index (Phi) is 4.74. The number of rotatable bonds is 6. The molecule has 3 rings (SSSR count). The van der Waals surface area contributed by atoms with Crippen LogP contribution in [0.15, 0.2) is 66.4 Å². The third-order valence-corrected chi connectivity index (χ3v) is 3.74. The second-order valence-corrected chi connectivity index (χ2v) is 5.35. The van der Waals surface area contributed by atoms with E-state index in [9.17, 15) is 9.90 Å². The van der Waals surface area contributed by atoms with Crippen molar-refractivity contribution in [2.24, 2.45) is 0 Å². The SMILES string of the molecule is O=C1OC(CCOCc2ccccc2)C(c2ccccc2)=C1O. The molecule has 4 heteroatoms. The summed E-state index contributed by atoms with van der Waals surface area (Å²) in [6.45, 7) is 0.953. The molecular weight excluding hydrogens is 292 g/mol. The summed E-state index contributed by atoms with van der Waals surface area (Å²) in [5, 5.41) is 9.98. The van der Waals surface area contributed by atoms with Crippen LogP contribution in [0.3, 0.4) is 0 Å². The predicted molar refractivity (Wildman–Crippen MR) is 86.6 cm³/mol. The lowest BCUT2D eigenvalue weighted by Gasteiger charge is -2.14. The summed E-state index contributed by atoms with van der Waals surface area (Å²) in [7, 11) is 0. The average Bonchev–Trinajstić information content (AvgIpc) is 2.88. The molecule has 0 saturated carbocycles. The van der Waals surface area contributed by atoms with Gasteiger partial charge in [0.25, 0.3) is 0 Å². The van der Waals surface area contributed by atoms with E-state index in [0.29, 0.717) is 25.2 Å². The van der Waals surface area contributed by atoms with E-state index in [1.54, 1.807) is 0 Å². The van der Waals surface area contributed by atoms with Crippen molar-refractivity contribution in [2.45, 2.75) is 19.1 Å². The highest BCUT2D eigenvalue weighted by atomic mass is 16.6. The lowest BCUT2D eigenvalue weighted by molar-refractivity contribution is -0.142. The fraction of sp³-hybridized carbons (Fsp3) is 0.211. The van der Waals surface area contributed by atoms with Crippen molar-refractivity contribution in [2.75, 3.05) is 6.61 Å². The molecule has 0 aliphatic carbocycles. The molecule has 0 aromatic heterocycles. The summed E-state index contributed by atoms with van der Waals surface area (Å²) < 4.78 is 10.9. The van der Waals surface area contributed by atoms with Gasteiger partial charge in [0, 0.05) is 12.0 Å². The first kappa shape index (κ1) is 15.3. The first-order chi connectivity index (χ1) is 11.3. The second kappa shape index (κ2) is 7.11. The van der Waals surface area contributed by atoms with Crippen LogP contribution in [-0.4, -0.2) is 23.8 Å². The van der Waals surface area contributed by atoms with Gasteiger partial charge in [-0.1, -0.05) is 60.7 Å². The highest BCUT2D eigenvalue weighted by molar-refractivity contribution is 6.00. The number of carbonyl (C=O) groups excluding carboxylic acids is 1. The first-order valence-corrected chi connectivity index (χ1v) is 7.57. The number of aliphatic hydroxyl groups excluding tert-OH is 1. The lowest BCUT2D eigenvalue weighted by Crippen LogP contribution is -2.14. The molecule has 0 spiro atoms. The van der Waals surface area contributed by atoms with Crippen LogP contribution in [0, 0.1) is 0 Å². The van der Waals surface area contributed by atoms with Crippen LogP contribution in [0.2, 0.25) is 0 Å². The van der Waals surface area contributed by atoms with Gasteiger partial charge < -0.3 is 14.6 Å². The maximum atomic E-state index is 11.7. The fourth-order valence-electron chi connectivity index (χ4n) is 2.60. The summed E-state index contributed by atoms with van der Waals surface area (Å²) in [6.07, 6.45) is 0.0352. The summed E-state index contributed by atoms with van der Waals surface area (Å²) in [4.78, 5) is 11.7. The molecule has 0 bridgehead atoms. The van der Waals surface area contributed by atoms with Gasteiger partial charge in [-0.15, -0.1) is 0 Å². The van der Waals surface area contributed by atoms with Crippen LogP contribution >= 0.6 is 0 Å². The van der Waals surface area contributed by atoms with Gasteiger partial charge in [0.15, 0.2) is 0 Å². The van der Waals surface area contributed by atoms with Gasteiger partial charge in [0.2, 0.25) is 5.76 Å². The Morgan fingerprint density at radius 3 is 2.35 bits per heavy atom. The first-order valence-electron chi connectivity index (χ1n) is 7.57. The van der Waals surface area contributed by atoms with Gasteiger partial charge in [-0.25, -0.2) is 4.79 Å². The Labute approximate surface area is 135 Å². The Morgan fingerprint density at radius 1 is 1.00 bits per heavy atom. The molecule has 1 aliphatic rings. The van der Waals surface area contributed by atoms with Gasteiger partial charge in [-0.2, -0.15) is 0 Å². The number of benzene rings is 2. The van der Waals surface area contributed by atoms with Crippen molar-refractivity contribution in [3.63, 3.8) is 0 Å². The minimum atomic E-state index is -0.670. The van der Waals surface area contributed by atoms with E-state index < -0.39 is 12.1 Å². The van der Waals surface area contributed by atoms with Crippen LogP contribution < -0.4 is 0 Å². The zero-order valence-electron chi connectivity index (χ0n) is 12.6. The second-order valence-electron chi connectivity index (χ2n) is 5.35. The number of aliphatic hydroxyl groups is 1. The molecule has 118 valence electrons. The molecule has 2 aromatic rings. The van der Waals surface area contributed by atoms with Crippen LogP contribution in [0.5, 0.6) is 0 Å². The summed E-state index contributed by atoms with van der Waals surface area (Å²) in [6, 6.07) is 19.2. The van der Waals surface area contributed by atoms with E-state index in [2.05, 4.69) is 0 Å². The Morgan fingerprint density at radius 2 is 1.65 bits per heavy atom. The minimum absolute atomic E-state index is 0.302. The molecule has 1 atom stereocenters. The Balaban J connectivity index is 1.60. The molecule has 2 aromatic carbocycles. The van der Waals surface area contributed by atoms with Crippen molar-refractivity contribution in [3.05, 3.63) is 77.5 Å². The average molecular weight is 310 g/mol. The van der Waals surface area contributed by atoms with Crippen LogP contribution in [-0.2, 0) is 20.9 Å². The molecule has 0 radical (unpaired) electrons. The molecule has 23 heavy (non-hydrogen) atoms. The topological polar surface area (TPSA) is 55.8 Å². The summed E-state index contributed by atoms with van der Waals surface area (Å²) in [5.41, 5.74) is 2.43. The summed E-state index contributed by atoms with van der Waals surface area (Å²) >= 11 is 0. The van der Waals surface area contributed by atoms with Crippen LogP contribution in [0.1, 0.15) is 17.5 Å². The molecule has 4 nitrogen and oxygen atoms in total. The number of cyclic esters (lactones) is 1. The van der Waals surface area contributed by atoms with E-state index in [1.165, 1.54) is 0 Å². The molecule has 1 aliphatic heterocycles. The van der Waals surface area contributed by atoms with E-state index in [0.717, 1.165) is 11.1 Å². The van der Waals surface area contributed by atoms with E-state index >= 15 is 0 Å². The zero-order valence-corrected chi connectivity index (χ0v) is 12.6. The highest BCUT2D eigenvalue weighted by Crippen LogP contribution is 2.32. The normalized spacial score (nSPS) is 17.4. The van der Waals surface area contributed by atoms with Crippen molar-refractivity contribution in [1.82, 2.24) is 0 Å². The van der Waals surface area contributed by atoms with E-state index in [4.69, 9.17) is 9.47 Å². The van der Waals surface area contributed by atoms with Gasteiger partial charge in [-0.05, 0) is 11.1 Å². The molecule has 1 N–H and O–H groups in total. The molecule has 1 heterocycles. The lowest BCUT2D eigenvalue weighted by atomic mass is 9.99. The maximum Gasteiger partial charge on any atom is 0.374 e. The van der Waals surface area contributed by atoms with Crippen LogP contribution in [0.25, 0.3) is 5.57 Å². The quantitative estimate of drug-likeness (QED) is 0.655. The predicted octanol–water partition coefficient (Wildman–Crippen LogP) is 3.49.